The summed E-state index contributed by atoms with van der Waals surface area (Å²) in [6.07, 6.45) is 2.42. The maximum atomic E-state index is 11.2. The van der Waals surface area contributed by atoms with Crippen LogP contribution < -0.4 is 4.74 Å². The number of nitrogens with zero attached hydrogens (tertiary/aromatic N) is 1. The zero-order valence-electron chi connectivity index (χ0n) is 12.4. The number of piperidine rings is 1. The summed E-state index contributed by atoms with van der Waals surface area (Å²) in [4.78, 5) is 13.7. The predicted octanol–water partition coefficient (Wildman–Crippen LogP) is 3.01. The minimum absolute atomic E-state index is 0.239. The van der Waals surface area contributed by atoms with Gasteiger partial charge in [-0.05, 0) is 49.9 Å². The molecule has 1 aliphatic heterocycles. The molecule has 0 amide bonds. The molecule has 2 rings (SSSR count). The van der Waals surface area contributed by atoms with Crippen LogP contribution >= 0.6 is 0 Å². The summed E-state index contributed by atoms with van der Waals surface area (Å²) < 4.78 is 5.09. The van der Waals surface area contributed by atoms with Gasteiger partial charge in [-0.1, -0.05) is 13.0 Å². The molecule has 1 heterocycles. The number of carboxylic acid groups (broad SMARTS) is 1. The van der Waals surface area contributed by atoms with E-state index in [0.717, 1.165) is 24.6 Å². The number of carbonyl (C=O) groups is 1. The summed E-state index contributed by atoms with van der Waals surface area (Å²) in [5.41, 5.74) is 1.27. The third-order valence-corrected chi connectivity index (χ3v) is 4.16. The molecular weight excluding hydrogens is 254 g/mol. The molecular formula is C16H23NO3. The lowest BCUT2D eigenvalue weighted by Gasteiger charge is -2.36. The second kappa shape index (κ2) is 6.27. The molecule has 0 aliphatic carbocycles. The highest BCUT2D eigenvalue weighted by Gasteiger charge is 2.23. The molecule has 1 aromatic rings. The van der Waals surface area contributed by atoms with Gasteiger partial charge >= 0.3 is 5.97 Å². The van der Waals surface area contributed by atoms with Crippen molar-refractivity contribution in [1.82, 2.24) is 4.90 Å². The predicted molar refractivity (Wildman–Crippen MR) is 78.2 cm³/mol. The second-order valence-corrected chi connectivity index (χ2v) is 5.79. The Hall–Kier alpha value is -1.55. The number of methoxy groups -OCH3 is 1. The number of benzene rings is 1. The van der Waals surface area contributed by atoms with E-state index in [-0.39, 0.29) is 5.56 Å². The van der Waals surface area contributed by atoms with E-state index < -0.39 is 5.97 Å². The Morgan fingerprint density at radius 1 is 1.45 bits per heavy atom. The Kier molecular flexibility index (Phi) is 4.65. The first-order valence-corrected chi connectivity index (χ1v) is 7.15. The highest BCUT2D eigenvalue weighted by Crippen LogP contribution is 2.25. The van der Waals surface area contributed by atoms with Gasteiger partial charge < -0.3 is 9.84 Å². The van der Waals surface area contributed by atoms with Crippen molar-refractivity contribution >= 4 is 5.97 Å². The third-order valence-electron chi connectivity index (χ3n) is 4.16. The zero-order chi connectivity index (χ0) is 14.7. The zero-order valence-corrected chi connectivity index (χ0v) is 12.4. The molecule has 4 heteroatoms. The van der Waals surface area contributed by atoms with Gasteiger partial charge in [-0.25, -0.2) is 4.79 Å². The molecule has 1 aromatic carbocycles. The van der Waals surface area contributed by atoms with E-state index in [1.165, 1.54) is 20.0 Å². The first kappa shape index (κ1) is 14.9. The van der Waals surface area contributed by atoms with Crippen molar-refractivity contribution in [2.75, 3.05) is 13.7 Å². The lowest BCUT2D eigenvalue weighted by atomic mass is 9.93. The third kappa shape index (κ3) is 3.31. The van der Waals surface area contributed by atoms with Crippen molar-refractivity contribution in [1.29, 1.82) is 0 Å². The van der Waals surface area contributed by atoms with Crippen molar-refractivity contribution in [2.45, 2.75) is 39.3 Å². The van der Waals surface area contributed by atoms with Crippen LogP contribution in [0.1, 0.15) is 42.6 Å². The lowest BCUT2D eigenvalue weighted by molar-refractivity contribution is 0.0693. The average Bonchev–Trinajstić information content (AvgIpc) is 2.41. The van der Waals surface area contributed by atoms with Crippen molar-refractivity contribution in [3.8, 4) is 5.75 Å². The maximum Gasteiger partial charge on any atom is 0.339 e. The van der Waals surface area contributed by atoms with Crippen LogP contribution in [0.5, 0.6) is 5.75 Å². The summed E-state index contributed by atoms with van der Waals surface area (Å²) >= 11 is 0. The first-order valence-electron chi connectivity index (χ1n) is 7.15. The number of rotatable bonds is 4. The Morgan fingerprint density at radius 2 is 2.20 bits per heavy atom. The van der Waals surface area contributed by atoms with Crippen LogP contribution in [0.15, 0.2) is 18.2 Å². The molecule has 1 N–H and O–H groups in total. The summed E-state index contributed by atoms with van der Waals surface area (Å²) in [5.74, 6) is 0.261. The molecule has 0 bridgehead atoms. The fourth-order valence-corrected chi connectivity index (χ4v) is 2.95. The number of hydrogen-bond donors (Lipinski definition) is 1. The van der Waals surface area contributed by atoms with Gasteiger partial charge in [0, 0.05) is 12.6 Å². The SMILES string of the molecule is COc1ccc(CN2CCC(C)CC2C)cc1C(=O)O. The van der Waals surface area contributed by atoms with Gasteiger partial charge in [0.25, 0.3) is 0 Å². The summed E-state index contributed by atoms with van der Waals surface area (Å²) in [6.45, 7) is 6.43. The molecule has 1 fully saturated rings. The Balaban J connectivity index is 2.13. The molecule has 0 aromatic heterocycles. The highest BCUT2D eigenvalue weighted by molar-refractivity contribution is 5.91. The van der Waals surface area contributed by atoms with Gasteiger partial charge in [0.05, 0.1) is 7.11 Å². The molecule has 110 valence electrons. The normalized spacial score (nSPS) is 23.6. The van der Waals surface area contributed by atoms with Crippen LogP contribution in [0.3, 0.4) is 0 Å². The summed E-state index contributed by atoms with van der Waals surface area (Å²) in [6, 6.07) is 5.98. The topological polar surface area (TPSA) is 49.8 Å². The van der Waals surface area contributed by atoms with Gasteiger partial charge in [0.15, 0.2) is 0 Å². The largest absolute Gasteiger partial charge is 0.496 e. The van der Waals surface area contributed by atoms with Crippen LogP contribution in [0.2, 0.25) is 0 Å². The second-order valence-electron chi connectivity index (χ2n) is 5.79. The average molecular weight is 277 g/mol. The van der Waals surface area contributed by atoms with Gasteiger partial charge in [-0.3, -0.25) is 4.90 Å². The van der Waals surface area contributed by atoms with Gasteiger partial charge in [-0.2, -0.15) is 0 Å². The van der Waals surface area contributed by atoms with E-state index in [1.807, 2.05) is 6.07 Å². The summed E-state index contributed by atoms with van der Waals surface area (Å²) in [5, 5.41) is 9.22. The van der Waals surface area contributed by atoms with Crippen molar-refractivity contribution < 1.29 is 14.6 Å². The Labute approximate surface area is 120 Å². The van der Waals surface area contributed by atoms with Crippen molar-refractivity contribution in [2.24, 2.45) is 5.92 Å². The van der Waals surface area contributed by atoms with E-state index in [0.29, 0.717) is 11.8 Å². The number of hydrogen-bond acceptors (Lipinski definition) is 3. The van der Waals surface area contributed by atoms with E-state index >= 15 is 0 Å². The van der Waals surface area contributed by atoms with E-state index in [9.17, 15) is 9.90 Å². The highest BCUT2D eigenvalue weighted by atomic mass is 16.5. The van der Waals surface area contributed by atoms with Crippen molar-refractivity contribution in [3.63, 3.8) is 0 Å². The van der Waals surface area contributed by atoms with Crippen LogP contribution in [-0.4, -0.2) is 35.7 Å². The molecule has 2 atom stereocenters. The molecule has 2 unspecified atom stereocenters. The molecule has 0 spiro atoms. The quantitative estimate of drug-likeness (QED) is 0.919. The van der Waals surface area contributed by atoms with Gasteiger partial charge in [0.2, 0.25) is 0 Å². The van der Waals surface area contributed by atoms with Gasteiger partial charge in [0.1, 0.15) is 11.3 Å². The van der Waals surface area contributed by atoms with E-state index in [2.05, 4.69) is 18.7 Å². The standard InChI is InChI=1S/C16H23NO3/c1-11-6-7-17(12(2)8-11)10-13-4-5-15(20-3)14(9-13)16(18)19/h4-5,9,11-12H,6-8,10H2,1-3H3,(H,18,19). The van der Waals surface area contributed by atoms with Gasteiger partial charge in [-0.15, -0.1) is 0 Å². The number of likely N-dealkylation sites (tertiary alicyclic amines) is 1. The van der Waals surface area contributed by atoms with Crippen LogP contribution in [0.4, 0.5) is 0 Å². The smallest absolute Gasteiger partial charge is 0.339 e. The molecule has 1 aliphatic rings. The number of aromatic carboxylic acids is 1. The first-order chi connectivity index (χ1) is 9.51. The molecule has 0 saturated carbocycles. The number of carboxylic acids is 1. The van der Waals surface area contributed by atoms with E-state index in [4.69, 9.17) is 4.74 Å². The van der Waals surface area contributed by atoms with Crippen LogP contribution in [0, 0.1) is 5.92 Å². The van der Waals surface area contributed by atoms with Crippen LogP contribution in [-0.2, 0) is 6.54 Å². The molecule has 4 nitrogen and oxygen atoms in total. The number of ether oxygens (including phenoxy) is 1. The Bertz CT molecular complexity index is 487. The minimum Gasteiger partial charge on any atom is -0.496 e. The molecule has 0 radical (unpaired) electrons. The fourth-order valence-electron chi connectivity index (χ4n) is 2.95. The van der Waals surface area contributed by atoms with Crippen LogP contribution in [0.25, 0.3) is 0 Å². The lowest BCUT2D eigenvalue weighted by Crippen LogP contribution is -2.39. The summed E-state index contributed by atoms with van der Waals surface area (Å²) in [7, 11) is 1.50. The fraction of sp³-hybridized carbons (Fsp3) is 0.562. The van der Waals surface area contributed by atoms with E-state index in [1.54, 1.807) is 12.1 Å². The maximum absolute atomic E-state index is 11.2. The Morgan fingerprint density at radius 3 is 2.80 bits per heavy atom. The molecule has 20 heavy (non-hydrogen) atoms. The van der Waals surface area contributed by atoms with Crippen molar-refractivity contribution in [3.05, 3.63) is 29.3 Å². The minimum atomic E-state index is -0.941. The molecule has 1 saturated heterocycles. The monoisotopic (exact) mass is 277 g/mol.